The number of carbonyl (C=O) groups excluding carboxylic acids is 2. The number of allylic oxidation sites excluding steroid dienone is 1. The van der Waals surface area contributed by atoms with Crippen LogP contribution < -0.4 is 0 Å². The number of hydrogen-bond acceptors (Lipinski definition) is 5. The third-order valence-electron chi connectivity index (χ3n) is 2.53. The van der Waals surface area contributed by atoms with E-state index in [2.05, 4.69) is 0 Å². The number of hydrogen-bond donors (Lipinski definition) is 1. The van der Waals surface area contributed by atoms with Crippen molar-refractivity contribution in [3.8, 4) is 0 Å². The van der Waals surface area contributed by atoms with Gasteiger partial charge in [0.1, 0.15) is 5.70 Å². The van der Waals surface area contributed by atoms with Crippen LogP contribution >= 0.6 is 23.5 Å². The van der Waals surface area contributed by atoms with Gasteiger partial charge in [0.2, 0.25) is 5.91 Å². The number of carbonyl (C=O) groups is 3. The van der Waals surface area contributed by atoms with Crippen LogP contribution in [0.1, 0.15) is 19.8 Å². The van der Waals surface area contributed by atoms with E-state index in [1.54, 1.807) is 0 Å². The van der Waals surface area contributed by atoms with Crippen molar-refractivity contribution in [2.24, 2.45) is 0 Å². The Balaban J connectivity index is 2.07. The van der Waals surface area contributed by atoms with Crippen molar-refractivity contribution < 1.29 is 19.5 Å². The molecule has 2 aliphatic rings. The lowest BCUT2D eigenvalue weighted by Gasteiger charge is -2.33. The summed E-state index contributed by atoms with van der Waals surface area (Å²) in [7, 11) is 0. The molecular formula is C10H11NO4S2. The van der Waals surface area contributed by atoms with Crippen molar-refractivity contribution in [3.63, 3.8) is 0 Å². The summed E-state index contributed by atoms with van der Waals surface area (Å²) in [6, 6.07) is 0. The normalized spacial score (nSPS) is 22.5. The summed E-state index contributed by atoms with van der Waals surface area (Å²) in [6.45, 7) is 1.48. The number of β-lactam (4-membered cyclic amide) rings is 1. The van der Waals surface area contributed by atoms with Gasteiger partial charge in [-0.2, -0.15) is 0 Å². The molecule has 92 valence electrons. The molecule has 7 heteroatoms. The summed E-state index contributed by atoms with van der Waals surface area (Å²) < 4.78 is 0. The third kappa shape index (κ3) is 2.35. The Labute approximate surface area is 107 Å². The van der Waals surface area contributed by atoms with Gasteiger partial charge >= 0.3 is 5.97 Å². The van der Waals surface area contributed by atoms with Crippen molar-refractivity contribution in [2.45, 2.75) is 25.1 Å². The van der Waals surface area contributed by atoms with Gasteiger partial charge in [-0.1, -0.05) is 11.8 Å². The number of thioether (sulfide) groups is 2. The van der Waals surface area contributed by atoms with Crippen molar-refractivity contribution in [1.82, 2.24) is 4.90 Å². The van der Waals surface area contributed by atoms with Crippen molar-refractivity contribution in [2.75, 3.05) is 5.75 Å². The van der Waals surface area contributed by atoms with Gasteiger partial charge in [0.15, 0.2) is 5.12 Å². The van der Waals surface area contributed by atoms with E-state index < -0.39 is 5.97 Å². The molecule has 2 rings (SSSR count). The van der Waals surface area contributed by atoms with E-state index in [-0.39, 0.29) is 22.1 Å². The van der Waals surface area contributed by atoms with Crippen LogP contribution in [0, 0.1) is 0 Å². The zero-order valence-corrected chi connectivity index (χ0v) is 10.8. The van der Waals surface area contributed by atoms with Crippen molar-refractivity contribution >= 4 is 40.5 Å². The minimum Gasteiger partial charge on any atom is -0.477 e. The number of amides is 1. The average Bonchev–Trinajstić information content (AvgIpc) is 2.50. The Kier molecular flexibility index (Phi) is 3.48. The number of nitrogens with zero attached hydrogens (tertiary/aromatic N) is 1. The highest BCUT2D eigenvalue weighted by Gasteiger charge is 2.47. The first-order chi connectivity index (χ1) is 8.00. The predicted molar refractivity (Wildman–Crippen MR) is 65.3 cm³/mol. The minimum atomic E-state index is -1.06. The molecular weight excluding hydrogens is 262 g/mol. The van der Waals surface area contributed by atoms with Gasteiger partial charge in [0, 0.05) is 17.6 Å². The molecule has 1 N–H and O–H groups in total. The molecule has 1 fully saturated rings. The first kappa shape index (κ1) is 12.5. The largest absolute Gasteiger partial charge is 0.477 e. The monoisotopic (exact) mass is 273 g/mol. The van der Waals surface area contributed by atoms with Gasteiger partial charge in [-0.15, -0.1) is 11.8 Å². The van der Waals surface area contributed by atoms with Crippen LogP contribution in [0.5, 0.6) is 0 Å². The second-order valence-corrected chi connectivity index (χ2v) is 6.25. The molecule has 1 amide bonds. The lowest BCUT2D eigenvalue weighted by Crippen LogP contribution is -2.48. The number of fused-ring (bicyclic) bond motifs is 1. The molecule has 0 saturated carbocycles. The standard InChI is InChI=1S/C10H11NO4S2/c1-5(12)16-3-2-6-9(10(14)15)11-7(13)4-8(11)17-6/h8H,2-4H2,1H3,(H,14,15)/t8-/m1/s1. The van der Waals surface area contributed by atoms with Crippen LogP contribution in [0.3, 0.4) is 0 Å². The van der Waals surface area contributed by atoms with Gasteiger partial charge in [-0.05, 0) is 6.42 Å². The van der Waals surface area contributed by atoms with E-state index in [9.17, 15) is 14.4 Å². The first-order valence-corrected chi connectivity index (χ1v) is 6.95. The maximum atomic E-state index is 11.3. The minimum absolute atomic E-state index is 0.0184. The van der Waals surface area contributed by atoms with Crippen LogP contribution in [0.25, 0.3) is 0 Å². The maximum absolute atomic E-state index is 11.3. The van der Waals surface area contributed by atoms with Gasteiger partial charge in [0.05, 0.1) is 11.8 Å². The van der Waals surface area contributed by atoms with Crippen molar-refractivity contribution in [3.05, 3.63) is 10.6 Å². The third-order valence-corrected chi connectivity index (χ3v) is 4.67. The summed E-state index contributed by atoms with van der Waals surface area (Å²) in [5.74, 6) is -0.631. The highest BCUT2D eigenvalue weighted by molar-refractivity contribution is 8.13. The van der Waals surface area contributed by atoms with Gasteiger partial charge in [0.25, 0.3) is 0 Å². The molecule has 0 aromatic rings. The first-order valence-electron chi connectivity index (χ1n) is 5.09. The Morgan fingerprint density at radius 2 is 2.29 bits per heavy atom. The quantitative estimate of drug-likeness (QED) is 0.777. The molecule has 0 aliphatic carbocycles. The Morgan fingerprint density at radius 1 is 1.59 bits per heavy atom. The number of carboxylic acid groups (broad SMARTS) is 1. The molecule has 0 radical (unpaired) electrons. The summed E-state index contributed by atoms with van der Waals surface area (Å²) in [5, 5.41) is 9.08. The van der Waals surface area contributed by atoms with E-state index in [1.165, 1.54) is 35.3 Å². The Bertz CT molecular complexity index is 432. The fourth-order valence-corrected chi connectivity index (χ4v) is 3.91. The van der Waals surface area contributed by atoms with Crippen LogP contribution in [0.15, 0.2) is 10.6 Å². The molecule has 2 aliphatic heterocycles. The molecule has 0 unspecified atom stereocenters. The van der Waals surface area contributed by atoms with E-state index in [0.29, 0.717) is 23.5 Å². The number of rotatable bonds is 4. The van der Waals surface area contributed by atoms with Gasteiger partial charge in [-0.3, -0.25) is 14.5 Å². The van der Waals surface area contributed by atoms with E-state index >= 15 is 0 Å². The lowest BCUT2D eigenvalue weighted by atomic mass is 10.1. The highest BCUT2D eigenvalue weighted by atomic mass is 32.2. The Morgan fingerprint density at radius 3 is 2.82 bits per heavy atom. The molecule has 5 nitrogen and oxygen atoms in total. The molecule has 0 aromatic carbocycles. The predicted octanol–water partition coefficient (Wildman–Crippen LogP) is 1.26. The fourth-order valence-electron chi connectivity index (χ4n) is 1.79. The molecule has 0 aromatic heterocycles. The highest BCUT2D eigenvalue weighted by Crippen LogP contribution is 2.47. The number of carboxylic acids is 1. The summed E-state index contributed by atoms with van der Waals surface area (Å²) in [6.07, 6.45) is 0.932. The smallest absolute Gasteiger partial charge is 0.353 e. The van der Waals surface area contributed by atoms with Crippen LogP contribution in [0.2, 0.25) is 0 Å². The SMILES string of the molecule is CC(=O)SCCC1=C(C(=O)O)N2C(=O)C[C@H]2S1. The molecule has 2 heterocycles. The van der Waals surface area contributed by atoms with E-state index in [1.807, 2.05) is 0 Å². The topological polar surface area (TPSA) is 74.7 Å². The van der Waals surface area contributed by atoms with Crippen LogP contribution in [-0.4, -0.2) is 38.1 Å². The Hall–Kier alpha value is -0.950. The summed E-state index contributed by atoms with van der Waals surface area (Å²) in [5.41, 5.74) is 0.111. The van der Waals surface area contributed by atoms with Crippen LogP contribution in [0.4, 0.5) is 0 Å². The van der Waals surface area contributed by atoms with E-state index in [0.717, 1.165) is 0 Å². The molecule has 0 bridgehead atoms. The van der Waals surface area contributed by atoms with Gasteiger partial charge < -0.3 is 5.11 Å². The summed E-state index contributed by atoms with van der Waals surface area (Å²) in [4.78, 5) is 35.3. The molecule has 1 atom stereocenters. The lowest BCUT2D eigenvalue weighted by molar-refractivity contribution is -0.145. The molecule has 17 heavy (non-hydrogen) atoms. The molecule has 1 saturated heterocycles. The second-order valence-electron chi connectivity index (χ2n) is 3.71. The van der Waals surface area contributed by atoms with Crippen molar-refractivity contribution in [1.29, 1.82) is 0 Å². The average molecular weight is 273 g/mol. The maximum Gasteiger partial charge on any atom is 0.353 e. The zero-order chi connectivity index (χ0) is 12.6. The second kappa shape index (κ2) is 4.73. The molecule has 0 spiro atoms. The van der Waals surface area contributed by atoms with Gasteiger partial charge in [-0.25, -0.2) is 4.79 Å². The number of aliphatic carboxylic acids is 1. The summed E-state index contributed by atoms with van der Waals surface area (Å²) >= 11 is 2.60. The van der Waals surface area contributed by atoms with E-state index in [4.69, 9.17) is 5.11 Å². The fraction of sp³-hybridized carbons (Fsp3) is 0.500. The van der Waals surface area contributed by atoms with Crippen LogP contribution in [-0.2, 0) is 14.4 Å². The zero-order valence-electron chi connectivity index (χ0n) is 9.13.